The molecule has 4 aromatic rings. The summed E-state index contributed by atoms with van der Waals surface area (Å²) in [5, 5.41) is 8.14. The largest absolute Gasteiger partial charge is 0.497 e. The number of nitrogens with one attached hydrogen (secondary N) is 1. The van der Waals surface area contributed by atoms with Gasteiger partial charge in [-0.3, -0.25) is 0 Å². The molecule has 11 nitrogen and oxygen atoms in total. The van der Waals surface area contributed by atoms with Gasteiger partial charge < -0.3 is 10.1 Å². The number of hydrogen-bond acceptors (Lipinski definition) is 9. The molecule has 0 aliphatic rings. The number of nitrogens with zero attached hydrogens (tertiary/aromatic N) is 5. The third kappa shape index (κ3) is 4.73. The molecule has 2 heterocycles. The molecule has 0 aliphatic carbocycles. The predicted molar refractivity (Wildman–Crippen MR) is 125 cm³/mol. The van der Waals surface area contributed by atoms with Gasteiger partial charge in [-0.05, 0) is 48.5 Å². The molecule has 2 aromatic carbocycles. The topological polar surface area (TPSA) is 136 Å². The minimum absolute atomic E-state index is 0.000461. The molecule has 0 amide bonds. The lowest BCUT2D eigenvalue weighted by Gasteiger charge is -2.19. The van der Waals surface area contributed by atoms with Gasteiger partial charge >= 0.3 is 0 Å². The van der Waals surface area contributed by atoms with E-state index in [4.69, 9.17) is 4.74 Å². The molecule has 0 unspecified atom stereocenters. The second kappa shape index (κ2) is 8.33. The van der Waals surface area contributed by atoms with Gasteiger partial charge in [-0.1, -0.05) is 0 Å². The quantitative estimate of drug-likeness (QED) is 0.415. The van der Waals surface area contributed by atoms with Crippen molar-refractivity contribution in [2.45, 2.75) is 0 Å². The lowest BCUT2D eigenvalue weighted by molar-refractivity contribution is 0.414. The monoisotopic (exact) mass is 488 g/mol. The number of sulfonamides is 2. The van der Waals surface area contributed by atoms with Crippen LogP contribution in [0.5, 0.6) is 5.75 Å². The van der Waals surface area contributed by atoms with Gasteiger partial charge in [-0.2, -0.15) is 13.8 Å². The van der Waals surface area contributed by atoms with Gasteiger partial charge in [0, 0.05) is 11.9 Å². The molecule has 2 aromatic heterocycles. The highest BCUT2D eigenvalue weighted by Gasteiger charge is 2.27. The Hall–Kier alpha value is -3.71. The Morgan fingerprint density at radius 2 is 1.55 bits per heavy atom. The maximum atomic E-state index is 11.9. The summed E-state index contributed by atoms with van der Waals surface area (Å²) in [6.07, 6.45) is 4.94. The highest BCUT2D eigenvalue weighted by Crippen LogP contribution is 2.25. The van der Waals surface area contributed by atoms with E-state index >= 15 is 0 Å². The number of rotatable bonds is 7. The SMILES string of the molecule is COc1ccc(-n2ncc3cnc(Nc4ccc(N(S(C)(=O)=O)S(C)(=O)=O)cc4)nc32)cc1. The van der Waals surface area contributed by atoms with Gasteiger partial charge in [0.1, 0.15) is 5.75 Å². The Morgan fingerprint density at radius 3 is 2.12 bits per heavy atom. The van der Waals surface area contributed by atoms with Crippen LogP contribution in [-0.4, -0.2) is 56.2 Å². The van der Waals surface area contributed by atoms with Crippen molar-refractivity contribution in [1.82, 2.24) is 19.7 Å². The van der Waals surface area contributed by atoms with Gasteiger partial charge in [-0.25, -0.2) is 26.5 Å². The number of aromatic nitrogens is 4. The van der Waals surface area contributed by atoms with Crippen LogP contribution in [0.3, 0.4) is 0 Å². The standard InChI is InChI=1S/C20H20N6O5S2/c1-31-18-10-8-16(9-11-18)25-19-14(13-22-25)12-21-20(24-19)23-15-4-6-17(7-5-15)26(32(2,27)28)33(3,29)30/h4-13H,1-3H3,(H,21,23,24). The highest BCUT2D eigenvalue weighted by atomic mass is 32.3. The summed E-state index contributed by atoms with van der Waals surface area (Å²) in [7, 11) is -6.44. The summed E-state index contributed by atoms with van der Waals surface area (Å²) in [5.41, 5.74) is 1.91. The maximum Gasteiger partial charge on any atom is 0.245 e. The maximum absolute atomic E-state index is 11.9. The molecular formula is C20H20N6O5S2. The second-order valence-electron chi connectivity index (χ2n) is 7.12. The Labute approximate surface area is 190 Å². The van der Waals surface area contributed by atoms with Crippen molar-refractivity contribution >= 4 is 48.4 Å². The van der Waals surface area contributed by atoms with Crippen LogP contribution < -0.4 is 13.8 Å². The minimum atomic E-state index is -4.02. The van der Waals surface area contributed by atoms with Gasteiger partial charge in [-0.15, -0.1) is 0 Å². The van der Waals surface area contributed by atoms with E-state index in [-0.39, 0.29) is 11.6 Å². The molecule has 4 rings (SSSR count). The summed E-state index contributed by atoms with van der Waals surface area (Å²) >= 11 is 0. The third-order valence-corrected chi connectivity index (χ3v) is 7.81. The fourth-order valence-corrected chi connectivity index (χ4v) is 6.19. The van der Waals surface area contributed by atoms with Crippen molar-refractivity contribution in [3.63, 3.8) is 0 Å². The molecule has 0 atom stereocenters. The Morgan fingerprint density at radius 1 is 0.909 bits per heavy atom. The van der Waals surface area contributed by atoms with Crippen molar-refractivity contribution in [2.75, 3.05) is 28.6 Å². The first-order valence-electron chi connectivity index (χ1n) is 9.49. The summed E-state index contributed by atoms with van der Waals surface area (Å²) in [6.45, 7) is 0. The second-order valence-corrected chi connectivity index (χ2v) is 11.0. The average molecular weight is 489 g/mol. The molecule has 172 valence electrons. The Kier molecular flexibility index (Phi) is 5.68. The number of anilines is 3. The fourth-order valence-electron chi connectivity index (χ4n) is 3.21. The van der Waals surface area contributed by atoms with Crippen LogP contribution in [0.25, 0.3) is 16.7 Å². The number of fused-ring (bicyclic) bond motifs is 1. The van der Waals surface area contributed by atoms with Crippen molar-refractivity contribution in [3.8, 4) is 11.4 Å². The summed E-state index contributed by atoms with van der Waals surface area (Å²) < 4.78 is 55.0. The van der Waals surface area contributed by atoms with Gasteiger partial charge in [0.05, 0.1) is 42.6 Å². The van der Waals surface area contributed by atoms with Crippen LogP contribution in [0.1, 0.15) is 0 Å². The molecule has 13 heteroatoms. The van der Waals surface area contributed by atoms with Crippen molar-refractivity contribution < 1.29 is 21.6 Å². The molecule has 0 aliphatic heterocycles. The first kappa shape index (κ1) is 22.5. The zero-order valence-corrected chi connectivity index (χ0v) is 19.5. The van der Waals surface area contributed by atoms with E-state index < -0.39 is 20.0 Å². The van der Waals surface area contributed by atoms with Crippen LogP contribution in [0, 0.1) is 0 Å². The van der Waals surface area contributed by atoms with Gasteiger partial charge in [0.2, 0.25) is 26.0 Å². The first-order chi connectivity index (χ1) is 15.6. The van der Waals surface area contributed by atoms with E-state index in [0.717, 1.165) is 29.3 Å². The van der Waals surface area contributed by atoms with Crippen molar-refractivity contribution in [3.05, 3.63) is 60.9 Å². The first-order valence-corrected chi connectivity index (χ1v) is 13.2. The van der Waals surface area contributed by atoms with Crippen LogP contribution >= 0.6 is 0 Å². The van der Waals surface area contributed by atoms with E-state index in [1.165, 1.54) is 24.3 Å². The summed E-state index contributed by atoms with van der Waals surface area (Å²) in [6, 6.07) is 13.2. The summed E-state index contributed by atoms with van der Waals surface area (Å²) in [4.78, 5) is 8.81. The smallest absolute Gasteiger partial charge is 0.245 e. The molecular weight excluding hydrogens is 468 g/mol. The van der Waals surface area contributed by atoms with Crippen molar-refractivity contribution in [2.24, 2.45) is 0 Å². The summed E-state index contributed by atoms with van der Waals surface area (Å²) in [5.74, 6) is 1.01. The minimum Gasteiger partial charge on any atom is -0.497 e. The van der Waals surface area contributed by atoms with Gasteiger partial charge in [0.15, 0.2) is 5.65 Å². The molecule has 0 radical (unpaired) electrons. The molecule has 0 fully saturated rings. The number of benzene rings is 2. The Balaban J connectivity index is 1.63. The molecule has 0 saturated carbocycles. The van der Waals surface area contributed by atoms with Crippen LogP contribution in [-0.2, 0) is 20.0 Å². The lowest BCUT2D eigenvalue weighted by Crippen LogP contribution is -2.35. The molecule has 0 bridgehead atoms. The zero-order chi connectivity index (χ0) is 23.8. The van der Waals surface area contributed by atoms with E-state index in [2.05, 4.69) is 20.4 Å². The van der Waals surface area contributed by atoms with E-state index in [9.17, 15) is 16.8 Å². The van der Waals surface area contributed by atoms with Crippen molar-refractivity contribution in [1.29, 1.82) is 0 Å². The van der Waals surface area contributed by atoms with Crippen LogP contribution in [0.4, 0.5) is 17.3 Å². The number of methoxy groups -OCH3 is 1. The van der Waals surface area contributed by atoms with E-state index in [1.54, 1.807) is 24.2 Å². The number of ether oxygens (including phenoxy) is 1. The van der Waals surface area contributed by atoms with E-state index in [0.29, 0.717) is 15.0 Å². The van der Waals surface area contributed by atoms with Crippen LogP contribution in [0.2, 0.25) is 0 Å². The molecule has 33 heavy (non-hydrogen) atoms. The predicted octanol–water partition coefficient (Wildman–Crippen LogP) is 2.29. The zero-order valence-electron chi connectivity index (χ0n) is 17.9. The lowest BCUT2D eigenvalue weighted by atomic mass is 10.3. The number of hydrogen-bond donors (Lipinski definition) is 1. The molecule has 0 spiro atoms. The normalized spacial score (nSPS) is 12.0. The fraction of sp³-hybridized carbons (Fsp3) is 0.150. The van der Waals surface area contributed by atoms with Crippen LogP contribution in [0.15, 0.2) is 60.9 Å². The average Bonchev–Trinajstić information content (AvgIpc) is 3.16. The third-order valence-electron chi connectivity index (χ3n) is 4.56. The Bertz CT molecular complexity index is 1480. The van der Waals surface area contributed by atoms with Gasteiger partial charge in [0.25, 0.3) is 0 Å². The highest BCUT2D eigenvalue weighted by molar-refractivity contribution is 8.09. The van der Waals surface area contributed by atoms with E-state index in [1.807, 2.05) is 24.3 Å². The molecule has 1 N–H and O–H groups in total. The molecule has 0 saturated heterocycles.